The van der Waals surface area contributed by atoms with Gasteiger partial charge in [0.05, 0.1) is 32.9 Å². The van der Waals surface area contributed by atoms with Crippen molar-refractivity contribution in [1.29, 1.82) is 5.26 Å². The van der Waals surface area contributed by atoms with Crippen LogP contribution in [0, 0.1) is 14.9 Å². The van der Waals surface area contributed by atoms with E-state index in [1.165, 1.54) is 0 Å². The molecule has 3 heterocycles. The highest BCUT2D eigenvalue weighted by atomic mass is 127. The van der Waals surface area contributed by atoms with Gasteiger partial charge >= 0.3 is 0 Å². The molecule has 2 N–H and O–H groups in total. The molecule has 0 saturated heterocycles. The van der Waals surface area contributed by atoms with Crippen LogP contribution < -0.4 is 5.73 Å². The quantitative estimate of drug-likeness (QED) is 0.277. The maximum absolute atomic E-state index is 13.7. The highest BCUT2D eigenvalue weighted by molar-refractivity contribution is 14.1. The molecular weight excluding hydrogens is 553 g/mol. The Morgan fingerprint density at radius 2 is 1.97 bits per heavy atom. The molecule has 1 unspecified atom stereocenters. The van der Waals surface area contributed by atoms with Crippen LogP contribution in [0.1, 0.15) is 40.4 Å². The number of nitrogen functional groups attached to an aromatic ring is 1. The minimum atomic E-state index is -0.449. The molecule has 4 rings (SSSR count). The number of rotatable bonds is 5. The number of nitrogens with two attached hydrogens (primary N) is 1. The number of hydrogen-bond acceptors (Lipinski definition) is 7. The van der Waals surface area contributed by atoms with Crippen molar-refractivity contribution in [3.63, 3.8) is 0 Å². The smallest absolute Gasteiger partial charge is 0.254 e. The van der Waals surface area contributed by atoms with E-state index in [1.54, 1.807) is 53.7 Å². The summed E-state index contributed by atoms with van der Waals surface area (Å²) in [5, 5.41) is 10.0. The first-order valence-electron chi connectivity index (χ1n) is 9.86. The Labute approximate surface area is 208 Å². The molecule has 0 aliphatic carbocycles. The topological polar surface area (TPSA) is 122 Å². The molecule has 8 nitrogen and oxygen atoms in total. The van der Waals surface area contributed by atoms with Gasteiger partial charge in [-0.05, 0) is 72.0 Å². The molecule has 0 saturated carbocycles. The molecule has 0 spiro atoms. The molecule has 1 atom stereocenters. The van der Waals surface area contributed by atoms with E-state index in [-0.39, 0.29) is 23.2 Å². The lowest BCUT2D eigenvalue weighted by molar-refractivity contribution is 0.0663. The Morgan fingerprint density at radius 1 is 1.21 bits per heavy atom. The van der Waals surface area contributed by atoms with Gasteiger partial charge in [0, 0.05) is 23.3 Å². The Kier molecular flexibility index (Phi) is 6.67. The Morgan fingerprint density at radius 3 is 2.67 bits per heavy atom. The Hall–Kier alpha value is -3.36. The zero-order chi connectivity index (χ0) is 23.5. The van der Waals surface area contributed by atoms with Crippen molar-refractivity contribution in [2.45, 2.75) is 19.5 Å². The Bertz CT molecular complexity index is 1390. The van der Waals surface area contributed by atoms with Crippen LogP contribution in [-0.4, -0.2) is 30.7 Å². The predicted octanol–water partition coefficient (Wildman–Crippen LogP) is 4.54. The third-order valence-corrected chi connectivity index (χ3v) is 6.24. The second kappa shape index (κ2) is 9.64. The number of halogens is 2. The lowest BCUT2D eigenvalue weighted by Crippen LogP contribution is -2.34. The normalized spacial score (nSPS) is 11.7. The van der Waals surface area contributed by atoms with Crippen molar-refractivity contribution in [1.82, 2.24) is 24.8 Å². The van der Waals surface area contributed by atoms with Gasteiger partial charge in [-0.2, -0.15) is 5.26 Å². The lowest BCUT2D eigenvalue weighted by atomic mass is 10.1. The minimum Gasteiger partial charge on any atom is -0.383 e. The fourth-order valence-electron chi connectivity index (χ4n) is 3.33. The summed E-state index contributed by atoms with van der Waals surface area (Å²) >= 11 is 8.23. The van der Waals surface area contributed by atoms with E-state index in [9.17, 15) is 4.79 Å². The van der Waals surface area contributed by atoms with E-state index in [0.717, 1.165) is 8.96 Å². The van der Waals surface area contributed by atoms with Crippen LogP contribution in [-0.2, 0) is 6.54 Å². The van der Waals surface area contributed by atoms with Crippen LogP contribution in [0.4, 0.5) is 5.82 Å². The summed E-state index contributed by atoms with van der Waals surface area (Å²) in [6, 6.07) is 13.7. The first-order chi connectivity index (χ1) is 15.9. The second-order valence-corrected chi connectivity index (χ2v) is 8.75. The first kappa shape index (κ1) is 22.8. The lowest BCUT2D eigenvalue weighted by Gasteiger charge is -2.28. The predicted molar refractivity (Wildman–Crippen MR) is 133 cm³/mol. The summed E-state index contributed by atoms with van der Waals surface area (Å²) in [5.41, 5.74) is 7.91. The van der Waals surface area contributed by atoms with Gasteiger partial charge in [0.25, 0.3) is 5.91 Å². The molecule has 164 valence electrons. The van der Waals surface area contributed by atoms with Crippen molar-refractivity contribution in [3.05, 3.63) is 86.2 Å². The van der Waals surface area contributed by atoms with Crippen LogP contribution in [0.3, 0.4) is 0 Å². The van der Waals surface area contributed by atoms with E-state index in [2.05, 4.69) is 42.5 Å². The highest BCUT2D eigenvalue weighted by Gasteiger charge is 2.26. The van der Waals surface area contributed by atoms with Gasteiger partial charge in [0.2, 0.25) is 0 Å². The fraction of sp³-hybridized carbons (Fsp3) is 0.130. The molecule has 1 amide bonds. The van der Waals surface area contributed by atoms with Crippen LogP contribution in [0.2, 0.25) is 5.15 Å². The fourth-order valence-corrected chi connectivity index (χ4v) is 4.00. The summed E-state index contributed by atoms with van der Waals surface area (Å²) in [4.78, 5) is 32.6. The number of amides is 1. The molecule has 4 aromatic rings. The molecule has 0 bridgehead atoms. The first-order valence-corrected chi connectivity index (χ1v) is 11.3. The van der Waals surface area contributed by atoms with Crippen molar-refractivity contribution < 1.29 is 4.79 Å². The number of carbonyl (C=O) groups is 1. The van der Waals surface area contributed by atoms with Crippen molar-refractivity contribution in [2.24, 2.45) is 0 Å². The summed E-state index contributed by atoms with van der Waals surface area (Å²) in [6.45, 7) is 2.00. The number of pyridine rings is 2. The number of carbonyl (C=O) groups excluding carboxylic acids is 1. The van der Waals surface area contributed by atoms with Crippen molar-refractivity contribution in [2.75, 3.05) is 5.73 Å². The molecule has 10 heteroatoms. The largest absolute Gasteiger partial charge is 0.383 e. The second-order valence-electron chi connectivity index (χ2n) is 7.23. The van der Waals surface area contributed by atoms with Gasteiger partial charge in [-0.15, -0.1) is 0 Å². The molecule has 0 fully saturated rings. The molecular formula is C23H17ClIN7O. The van der Waals surface area contributed by atoms with E-state index in [0.29, 0.717) is 28.4 Å². The molecule has 0 aliphatic rings. The van der Waals surface area contributed by atoms with E-state index in [1.807, 2.05) is 19.1 Å². The molecule has 0 radical (unpaired) electrons. The average molecular weight is 570 g/mol. The van der Waals surface area contributed by atoms with Crippen molar-refractivity contribution in [3.8, 4) is 6.07 Å². The number of nitriles is 1. The highest BCUT2D eigenvalue weighted by Crippen LogP contribution is 2.26. The number of aromatic nitrogens is 4. The van der Waals surface area contributed by atoms with E-state index in [4.69, 9.17) is 22.6 Å². The van der Waals surface area contributed by atoms with Crippen LogP contribution >= 0.6 is 34.2 Å². The molecule has 3 aromatic heterocycles. The minimum absolute atomic E-state index is 0.0926. The maximum atomic E-state index is 13.7. The average Bonchev–Trinajstić information content (AvgIpc) is 2.83. The van der Waals surface area contributed by atoms with Gasteiger partial charge in [-0.3, -0.25) is 4.79 Å². The third-order valence-electron chi connectivity index (χ3n) is 5.09. The zero-order valence-electron chi connectivity index (χ0n) is 17.4. The van der Waals surface area contributed by atoms with Crippen molar-refractivity contribution >= 4 is 56.8 Å². The summed E-state index contributed by atoms with van der Waals surface area (Å²) in [5.74, 6) is 0.712. The standard InChI is InChI=1S/C23H17ClIN7O/c1-13(22-28-7-2-8-29-22)32(12-17-5-3-15(11-26)20(24)30-17)23(33)14-4-6-19-16(9-14)10-18(25)21(27)31-19/h2-10,13H,12H2,1H3,(H2,27,31). The maximum Gasteiger partial charge on any atom is 0.254 e. The van der Waals surface area contributed by atoms with Crippen LogP contribution in [0.5, 0.6) is 0 Å². The van der Waals surface area contributed by atoms with Gasteiger partial charge in [-0.1, -0.05) is 11.6 Å². The van der Waals surface area contributed by atoms with Gasteiger partial charge in [0.15, 0.2) is 0 Å². The monoisotopic (exact) mass is 569 g/mol. The van der Waals surface area contributed by atoms with E-state index < -0.39 is 6.04 Å². The number of fused-ring (bicyclic) bond motifs is 1. The third kappa shape index (κ3) is 4.86. The number of benzene rings is 1. The molecule has 1 aromatic carbocycles. The number of hydrogen-bond donors (Lipinski definition) is 1. The van der Waals surface area contributed by atoms with E-state index >= 15 is 0 Å². The molecule has 0 aliphatic heterocycles. The molecule has 33 heavy (non-hydrogen) atoms. The summed E-state index contributed by atoms with van der Waals surface area (Å²) in [6.07, 6.45) is 3.26. The summed E-state index contributed by atoms with van der Waals surface area (Å²) in [7, 11) is 0. The van der Waals surface area contributed by atoms with Crippen LogP contribution in [0.15, 0.2) is 54.9 Å². The SMILES string of the molecule is CC(c1ncccn1)N(Cc1ccc(C#N)c(Cl)n1)C(=O)c1ccc2nc(N)c(I)cc2c1. The number of anilines is 1. The van der Waals surface area contributed by atoms with Gasteiger partial charge in [0.1, 0.15) is 22.9 Å². The van der Waals surface area contributed by atoms with Gasteiger partial charge in [-0.25, -0.2) is 19.9 Å². The summed E-state index contributed by atoms with van der Waals surface area (Å²) < 4.78 is 0.809. The Balaban J connectivity index is 1.74. The van der Waals surface area contributed by atoms with Gasteiger partial charge < -0.3 is 10.6 Å². The zero-order valence-corrected chi connectivity index (χ0v) is 20.3. The van der Waals surface area contributed by atoms with Crippen LogP contribution in [0.25, 0.3) is 10.9 Å². The number of nitrogens with zero attached hydrogens (tertiary/aromatic N) is 6.